The van der Waals surface area contributed by atoms with Crippen molar-refractivity contribution in [1.29, 1.82) is 5.41 Å². The van der Waals surface area contributed by atoms with Crippen LogP contribution in [0.1, 0.15) is 49.8 Å². The summed E-state index contributed by atoms with van der Waals surface area (Å²) in [4.78, 5) is 11.3. The van der Waals surface area contributed by atoms with Crippen molar-refractivity contribution in [2.45, 2.75) is 46.6 Å². The van der Waals surface area contributed by atoms with Crippen LogP contribution < -0.4 is 10.2 Å². The highest BCUT2D eigenvalue weighted by Crippen LogP contribution is 2.29. The van der Waals surface area contributed by atoms with Crippen LogP contribution in [0.5, 0.6) is 0 Å². The Hall–Kier alpha value is -2.43. The zero-order chi connectivity index (χ0) is 19.2. The molecule has 2 aromatic rings. The summed E-state index contributed by atoms with van der Waals surface area (Å²) in [5.74, 6) is 3.13. The van der Waals surface area contributed by atoms with Crippen molar-refractivity contribution in [2.75, 3.05) is 23.3 Å². The van der Waals surface area contributed by atoms with Crippen molar-refractivity contribution in [3.8, 4) is 0 Å². The fraction of sp³-hybridized carbons (Fsp3) is 0.500. The number of anilines is 2. The molecule has 1 aromatic heterocycles. The van der Waals surface area contributed by atoms with E-state index in [9.17, 15) is 0 Å². The molecule has 2 heterocycles. The summed E-state index contributed by atoms with van der Waals surface area (Å²) in [6, 6.07) is 8.43. The summed E-state index contributed by atoms with van der Waals surface area (Å²) in [6.07, 6.45) is 6.64. The van der Waals surface area contributed by atoms with Gasteiger partial charge in [0.25, 0.3) is 0 Å². The summed E-state index contributed by atoms with van der Waals surface area (Å²) < 4.78 is 0. The quantitative estimate of drug-likeness (QED) is 0.731. The van der Waals surface area contributed by atoms with Gasteiger partial charge in [-0.1, -0.05) is 43.7 Å². The normalized spacial score (nSPS) is 17.6. The largest absolute Gasteiger partial charge is 0.365 e. The van der Waals surface area contributed by atoms with Crippen molar-refractivity contribution in [2.24, 2.45) is 11.8 Å². The number of hydrogen-bond donors (Lipinski definition) is 2. The Kier molecular flexibility index (Phi) is 6.43. The van der Waals surface area contributed by atoms with Gasteiger partial charge in [-0.3, -0.25) is 0 Å². The van der Waals surface area contributed by atoms with Crippen LogP contribution >= 0.6 is 0 Å². The topological polar surface area (TPSA) is 64.9 Å². The van der Waals surface area contributed by atoms with Crippen LogP contribution in [-0.2, 0) is 6.54 Å². The van der Waals surface area contributed by atoms with Gasteiger partial charge in [0.2, 0.25) is 0 Å². The second-order valence-corrected chi connectivity index (χ2v) is 7.87. The van der Waals surface area contributed by atoms with Crippen LogP contribution in [0.25, 0.3) is 0 Å². The fourth-order valence-electron chi connectivity index (χ4n) is 3.92. The predicted molar refractivity (Wildman–Crippen MR) is 113 cm³/mol. The molecule has 1 aliphatic rings. The lowest BCUT2D eigenvalue weighted by Crippen LogP contribution is -2.27. The van der Waals surface area contributed by atoms with Crippen LogP contribution in [0.2, 0.25) is 0 Å². The standard InChI is InChI=1S/C22H31N5/c1-16(2)19-8-5-10-27(11-9-19)22-20(13-23)21(25-15-26-22)24-14-18-7-4-6-17(3)12-18/h4,6-7,12-13,15-16,19,23H,5,8-11,14H2,1-3H3,(H,24,25,26). The fourth-order valence-corrected chi connectivity index (χ4v) is 3.92. The van der Waals surface area contributed by atoms with Gasteiger partial charge in [0.1, 0.15) is 18.0 Å². The van der Waals surface area contributed by atoms with Gasteiger partial charge in [-0.15, -0.1) is 0 Å². The first-order valence-corrected chi connectivity index (χ1v) is 9.98. The lowest BCUT2D eigenvalue weighted by atomic mass is 9.89. The van der Waals surface area contributed by atoms with E-state index in [-0.39, 0.29) is 0 Å². The number of aryl methyl sites for hydroxylation is 1. The average Bonchev–Trinajstić information content (AvgIpc) is 2.92. The molecule has 1 aliphatic heterocycles. The van der Waals surface area contributed by atoms with Crippen molar-refractivity contribution >= 4 is 17.9 Å². The number of rotatable bonds is 6. The molecule has 0 bridgehead atoms. The van der Waals surface area contributed by atoms with Crippen molar-refractivity contribution in [1.82, 2.24) is 9.97 Å². The van der Waals surface area contributed by atoms with Crippen LogP contribution in [0.4, 0.5) is 11.6 Å². The van der Waals surface area contributed by atoms with Gasteiger partial charge in [0.15, 0.2) is 0 Å². The van der Waals surface area contributed by atoms with Gasteiger partial charge in [0, 0.05) is 25.8 Å². The number of benzene rings is 1. The molecule has 5 nitrogen and oxygen atoms in total. The molecule has 0 radical (unpaired) electrons. The first kappa shape index (κ1) is 19.3. The first-order valence-electron chi connectivity index (χ1n) is 9.98. The minimum Gasteiger partial charge on any atom is -0.365 e. The predicted octanol–water partition coefficient (Wildman–Crippen LogP) is 4.66. The Morgan fingerprint density at radius 1 is 1.26 bits per heavy atom. The van der Waals surface area contributed by atoms with Crippen LogP contribution in [-0.4, -0.2) is 29.3 Å². The third kappa shape index (κ3) is 4.85. The van der Waals surface area contributed by atoms with Gasteiger partial charge in [0.05, 0.1) is 5.56 Å². The number of nitrogens with zero attached hydrogens (tertiary/aromatic N) is 3. The molecule has 1 aromatic carbocycles. The van der Waals surface area contributed by atoms with Gasteiger partial charge in [-0.25, -0.2) is 9.97 Å². The molecule has 0 saturated carbocycles. The summed E-state index contributed by atoms with van der Waals surface area (Å²) in [7, 11) is 0. The Morgan fingerprint density at radius 2 is 2.11 bits per heavy atom. The maximum Gasteiger partial charge on any atom is 0.142 e. The van der Waals surface area contributed by atoms with E-state index in [1.54, 1.807) is 6.33 Å². The summed E-state index contributed by atoms with van der Waals surface area (Å²) in [6.45, 7) is 9.42. The van der Waals surface area contributed by atoms with E-state index in [0.29, 0.717) is 6.54 Å². The molecular weight excluding hydrogens is 334 g/mol. The minimum absolute atomic E-state index is 0.689. The van der Waals surface area contributed by atoms with E-state index in [0.717, 1.165) is 42.1 Å². The minimum atomic E-state index is 0.689. The smallest absolute Gasteiger partial charge is 0.142 e. The van der Waals surface area contributed by atoms with E-state index >= 15 is 0 Å². The van der Waals surface area contributed by atoms with E-state index in [2.05, 4.69) is 65.2 Å². The summed E-state index contributed by atoms with van der Waals surface area (Å²) >= 11 is 0. The van der Waals surface area contributed by atoms with Crippen LogP contribution in [0.3, 0.4) is 0 Å². The third-order valence-corrected chi connectivity index (χ3v) is 5.56. The third-order valence-electron chi connectivity index (χ3n) is 5.56. The Labute approximate surface area is 162 Å². The Morgan fingerprint density at radius 3 is 2.85 bits per heavy atom. The van der Waals surface area contributed by atoms with Crippen molar-refractivity contribution in [3.63, 3.8) is 0 Å². The van der Waals surface area contributed by atoms with E-state index in [1.165, 1.54) is 36.6 Å². The SMILES string of the molecule is Cc1cccc(CNc2ncnc(N3CCCC(C(C)C)CC3)c2C=N)c1. The molecule has 3 rings (SSSR count). The summed E-state index contributed by atoms with van der Waals surface area (Å²) in [5, 5.41) is 11.4. The van der Waals surface area contributed by atoms with Gasteiger partial charge in [-0.2, -0.15) is 0 Å². The van der Waals surface area contributed by atoms with Crippen LogP contribution in [0, 0.1) is 24.2 Å². The molecule has 5 heteroatoms. The van der Waals surface area contributed by atoms with E-state index in [4.69, 9.17) is 5.41 Å². The highest BCUT2D eigenvalue weighted by atomic mass is 15.2. The highest BCUT2D eigenvalue weighted by Gasteiger charge is 2.22. The monoisotopic (exact) mass is 365 g/mol. The van der Waals surface area contributed by atoms with E-state index in [1.807, 2.05) is 0 Å². The molecule has 1 atom stereocenters. The first-order chi connectivity index (χ1) is 13.1. The van der Waals surface area contributed by atoms with E-state index < -0.39 is 0 Å². The molecule has 0 amide bonds. The molecule has 144 valence electrons. The van der Waals surface area contributed by atoms with Crippen molar-refractivity contribution in [3.05, 3.63) is 47.3 Å². The molecule has 0 aliphatic carbocycles. The average molecular weight is 366 g/mol. The maximum absolute atomic E-state index is 7.95. The molecule has 0 spiro atoms. The Bertz CT molecular complexity index is 771. The van der Waals surface area contributed by atoms with Crippen LogP contribution in [0.15, 0.2) is 30.6 Å². The zero-order valence-electron chi connectivity index (χ0n) is 16.7. The van der Waals surface area contributed by atoms with Crippen molar-refractivity contribution < 1.29 is 0 Å². The van der Waals surface area contributed by atoms with Gasteiger partial charge < -0.3 is 15.6 Å². The number of hydrogen-bond acceptors (Lipinski definition) is 5. The second kappa shape index (κ2) is 8.98. The highest BCUT2D eigenvalue weighted by molar-refractivity contribution is 5.90. The Balaban J connectivity index is 1.76. The lowest BCUT2D eigenvalue weighted by molar-refractivity contribution is 0.351. The molecule has 2 N–H and O–H groups in total. The van der Waals surface area contributed by atoms with Gasteiger partial charge >= 0.3 is 0 Å². The molecule has 1 saturated heterocycles. The number of nitrogens with one attached hydrogen (secondary N) is 2. The van der Waals surface area contributed by atoms with Gasteiger partial charge in [-0.05, 0) is 43.6 Å². The summed E-state index contributed by atoms with van der Waals surface area (Å²) in [5.41, 5.74) is 3.24. The molecule has 1 fully saturated rings. The zero-order valence-corrected chi connectivity index (χ0v) is 16.7. The second-order valence-electron chi connectivity index (χ2n) is 7.87. The molecule has 1 unspecified atom stereocenters. The lowest BCUT2D eigenvalue weighted by Gasteiger charge is -2.24. The maximum atomic E-state index is 7.95. The molecular formula is C22H31N5. The number of aromatic nitrogens is 2. The molecule has 27 heavy (non-hydrogen) atoms.